The van der Waals surface area contributed by atoms with Crippen molar-refractivity contribution in [2.75, 3.05) is 30.4 Å². The van der Waals surface area contributed by atoms with Crippen LogP contribution in [-0.2, 0) is 9.47 Å². The summed E-state index contributed by atoms with van der Waals surface area (Å²) in [6.45, 7) is 2.01. The van der Waals surface area contributed by atoms with E-state index in [1.807, 2.05) is 35.0 Å². The van der Waals surface area contributed by atoms with E-state index in [9.17, 15) is 4.79 Å². The Labute approximate surface area is 149 Å². The number of amides is 1. The Bertz CT molecular complexity index is 720. The Balaban J connectivity index is 1.37. The molecule has 1 aromatic carbocycles. The molecule has 25 heavy (non-hydrogen) atoms. The number of carbonyl (C=O) groups excluding carboxylic acids is 1. The Kier molecular flexibility index (Phi) is 4.84. The van der Waals surface area contributed by atoms with Crippen molar-refractivity contribution in [3.8, 4) is 0 Å². The minimum atomic E-state index is -0.305. The highest BCUT2D eigenvalue weighted by Gasteiger charge is 2.33. The largest absolute Gasteiger partial charge is 0.443 e. The number of hydrogen-bond acceptors (Lipinski definition) is 7. The summed E-state index contributed by atoms with van der Waals surface area (Å²) in [6.07, 6.45) is 1.34. The molecule has 0 bridgehead atoms. The van der Waals surface area contributed by atoms with Gasteiger partial charge < -0.3 is 9.47 Å². The number of hydrogen-bond donors (Lipinski definition) is 0. The zero-order valence-corrected chi connectivity index (χ0v) is 14.5. The lowest BCUT2D eigenvalue weighted by Gasteiger charge is -2.22. The minimum absolute atomic E-state index is 0.183. The van der Waals surface area contributed by atoms with Gasteiger partial charge in [-0.05, 0) is 35.4 Å². The molecular weight excluding hydrogens is 342 g/mol. The lowest BCUT2D eigenvalue weighted by Crippen LogP contribution is -2.25. The number of tetrazole rings is 1. The number of benzene rings is 1. The lowest BCUT2D eigenvalue weighted by atomic mass is 10.1. The fourth-order valence-electron chi connectivity index (χ4n) is 3.03. The van der Waals surface area contributed by atoms with Gasteiger partial charge in [0, 0.05) is 24.7 Å². The molecule has 3 heterocycles. The highest BCUT2D eigenvalue weighted by atomic mass is 32.2. The van der Waals surface area contributed by atoms with Crippen molar-refractivity contribution in [1.82, 2.24) is 20.2 Å². The fourth-order valence-corrected chi connectivity index (χ4v) is 3.95. The van der Waals surface area contributed by atoms with E-state index < -0.39 is 0 Å². The molecular formula is C16H19N5O3S. The van der Waals surface area contributed by atoms with Crippen LogP contribution in [-0.4, -0.2) is 57.9 Å². The van der Waals surface area contributed by atoms with Crippen molar-refractivity contribution in [2.24, 2.45) is 0 Å². The van der Waals surface area contributed by atoms with Gasteiger partial charge in [-0.3, -0.25) is 4.90 Å². The molecule has 0 saturated carbocycles. The first-order valence-corrected chi connectivity index (χ1v) is 9.31. The van der Waals surface area contributed by atoms with E-state index in [0.29, 0.717) is 12.3 Å². The van der Waals surface area contributed by atoms with E-state index in [4.69, 9.17) is 9.47 Å². The van der Waals surface area contributed by atoms with Crippen LogP contribution < -0.4 is 4.90 Å². The average Bonchev–Trinajstić information content (AvgIpc) is 3.28. The highest BCUT2D eigenvalue weighted by molar-refractivity contribution is 7.99. The zero-order valence-electron chi connectivity index (χ0n) is 13.7. The number of aromatic nitrogens is 4. The van der Waals surface area contributed by atoms with E-state index >= 15 is 0 Å². The van der Waals surface area contributed by atoms with Crippen molar-refractivity contribution in [3.63, 3.8) is 0 Å². The summed E-state index contributed by atoms with van der Waals surface area (Å²) in [5, 5.41) is 12.8. The van der Waals surface area contributed by atoms with Gasteiger partial charge in [-0.15, -0.1) is 5.10 Å². The first kappa shape index (κ1) is 16.3. The van der Waals surface area contributed by atoms with Crippen molar-refractivity contribution in [1.29, 1.82) is 0 Å². The van der Waals surface area contributed by atoms with Crippen LogP contribution in [0.3, 0.4) is 0 Å². The number of anilines is 1. The second-order valence-corrected chi connectivity index (χ2v) is 7.00. The summed E-state index contributed by atoms with van der Waals surface area (Å²) < 4.78 is 12.7. The molecule has 9 heteroatoms. The number of ether oxygens (including phenoxy) is 2. The SMILES string of the molecule is O=C1OC(CSc2nnnn2C2CCOCC2)CN1c1ccccc1. The van der Waals surface area contributed by atoms with Gasteiger partial charge >= 0.3 is 6.09 Å². The highest BCUT2D eigenvalue weighted by Crippen LogP contribution is 2.28. The molecule has 2 aliphatic heterocycles. The summed E-state index contributed by atoms with van der Waals surface area (Å²) in [4.78, 5) is 13.8. The third kappa shape index (κ3) is 3.62. The molecule has 1 amide bonds. The van der Waals surface area contributed by atoms with Crippen molar-refractivity contribution >= 4 is 23.5 Å². The van der Waals surface area contributed by atoms with Gasteiger partial charge in [0.05, 0.1) is 12.6 Å². The topological polar surface area (TPSA) is 82.4 Å². The first-order chi connectivity index (χ1) is 12.3. The first-order valence-electron chi connectivity index (χ1n) is 8.33. The number of thioether (sulfide) groups is 1. The molecule has 2 aliphatic rings. The van der Waals surface area contributed by atoms with Crippen LogP contribution in [0.5, 0.6) is 0 Å². The molecule has 4 rings (SSSR count). The van der Waals surface area contributed by atoms with Crippen LogP contribution in [0, 0.1) is 0 Å². The van der Waals surface area contributed by atoms with E-state index in [1.54, 1.807) is 4.90 Å². The quantitative estimate of drug-likeness (QED) is 0.755. The normalized spacial score (nSPS) is 21.5. The fraction of sp³-hybridized carbons (Fsp3) is 0.500. The van der Waals surface area contributed by atoms with Crippen LogP contribution in [0.25, 0.3) is 0 Å². The molecule has 1 unspecified atom stereocenters. The molecule has 0 N–H and O–H groups in total. The number of rotatable bonds is 5. The standard InChI is InChI=1S/C16H19N5O3S/c22-16-20(12-4-2-1-3-5-12)10-14(24-16)11-25-15-17-18-19-21(15)13-6-8-23-9-7-13/h1-5,13-14H,6-11H2. The second-order valence-electron chi connectivity index (χ2n) is 6.01. The number of carbonyl (C=O) groups is 1. The van der Waals surface area contributed by atoms with Gasteiger partial charge in [-0.1, -0.05) is 30.0 Å². The molecule has 0 spiro atoms. The molecule has 2 aromatic rings. The predicted octanol–water partition coefficient (Wildman–Crippen LogP) is 2.14. The van der Waals surface area contributed by atoms with Crippen LogP contribution in [0.4, 0.5) is 10.5 Å². The Morgan fingerprint density at radius 2 is 2.00 bits per heavy atom. The number of para-hydroxylation sites is 1. The van der Waals surface area contributed by atoms with Gasteiger partial charge in [0.1, 0.15) is 6.10 Å². The van der Waals surface area contributed by atoms with Crippen molar-refractivity contribution in [2.45, 2.75) is 30.1 Å². The third-order valence-electron chi connectivity index (χ3n) is 4.34. The molecule has 1 aromatic heterocycles. The summed E-state index contributed by atoms with van der Waals surface area (Å²) in [7, 11) is 0. The minimum Gasteiger partial charge on any atom is -0.443 e. The van der Waals surface area contributed by atoms with Gasteiger partial charge in [-0.25, -0.2) is 9.48 Å². The van der Waals surface area contributed by atoms with Gasteiger partial charge in [0.25, 0.3) is 0 Å². The van der Waals surface area contributed by atoms with Gasteiger partial charge in [0.15, 0.2) is 0 Å². The average molecular weight is 361 g/mol. The Morgan fingerprint density at radius 1 is 1.20 bits per heavy atom. The Hall–Kier alpha value is -2.13. The van der Waals surface area contributed by atoms with Crippen LogP contribution >= 0.6 is 11.8 Å². The van der Waals surface area contributed by atoms with Crippen LogP contribution in [0.15, 0.2) is 35.5 Å². The molecule has 1 atom stereocenters. The lowest BCUT2D eigenvalue weighted by molar-refractivity contribution is 0.0631. The van der Waals surface area contributed by atoms with Crippen molar-refractivity contribution in [3.05, 3.63) is 30.3 Å². The summed E-state index contributed by atoms with van der Waals surface area (Å²) in [6, 6.07) is 9.83. The molecule has 2 saturated heterocycles. The molecule has 2 fully saturated rings. The van der Waals surface area contributed by atoms with E-state index in [1.165, 1.54) is 11.8 Å². The van der Waals surface area contributed by atoms with E-state index in [2.05, 4.69) is 15.5 Å². The maximum Gasteiger partial charge on any atom is 0.414 e. The number of cyclic esters (lactones) is 1. The molecule has 0 aliphatic carbocycles. The zero-order chi connectivity index (χ0) is 17.1. The predicted molar refractivity (Wildman–Crippen MR) is 91.7 cm³/mol. The molecule has 8 nitrogen and oxygen atoms in total. The van der Waals surface area contributed by atoms with Gasteiger partial charge in [-0.2, -0.15) is 0 Å². The number of nitrogens with zero attached hydrogens (tertiary/aromatic N) is 5. The summed E-state index contributed by atoms with van der Waals surface area (Å²) in [5.41, 5.74) is 0.854. The van der Waals surface area contributed by atoms with Crippen LogP contribution in [0.2, 0.25) is 0 Å². The maximum absolute atomic E-state index is 12.1. The summed E-state index contributed by atoms with van der Waals surface area (Å²) in [5.74, 6) is 0.624. The smallest absolute Gasteiger partial charge is 0.414 e. The van der Waals surface area contributed by atoms with Crippen molar-refractivity contribution < 1.29 is 14.3 Å². The van der Waals surface area contributed by atoms with Gasteiger partial charge in [0.2, 0.25) is 5.16 Å². The maximum atomic E-state index is 12.1. The molecule has 132 valence electrons. The third-order valence-corrected chi connectivity index (χ3v) is 5.40. The van der Waals surface area contributed by atoms with E-state index in [-0.39, 0.29) is 18.2 Å². The second kappa shape index (κ2) is 7.40. The van der Waals surface area contributed by atoms with E-state index in [0.717, 1.165) is 36.9 Å². The summed E-state index contributed by atoms with van der Waals surface area (Å²) >= 11 is 1.53. The Morgan fingerprint density at radius 3 is 2.80 bits per heavy atom. The van der Waals surface area contributed by atoms with Crippen LogP contribution in [0.1, 0.15) is 18.9 Å². The molecule has 0 radical (unpaired) electrons. The monoisotopic (exact) mass is 361 g/mol.